The third-order valence-corrected chi connectivity index (χ3v) is 3.54. The Balaban J connectivity index is 2.11. The second-order valence-corrected chi connectivity index (χ2v) is 5.37. The zero-order chi connectivity index (χ0) is 16.7. The number of pyridine rings is 1. The molecule has 0 radical (unpaired) electrons. The van der Waals surface area contributed by atoms with E-state index in [4.69, 9.17) is 4.74 Å². The molecule has 0 fully saturated rings. The highest BCUT2D eigenvalue weighted by molar-refractivity contribution is 5.94. The largest absolute Gasteiger partial charge is 0.497 e. The smallest absolute Gasteiger partial charge is 0.253 e. The van der Waals surface area contributed by atoms with Crippen LogP contribution in [0.3, 0.4) is 0 Å². The predicted octanol–water partition coefficient (Wildman–Crippen LogP) is 3.71. The molecule has 0 saturated heterocycles. The summed E-state index contributed by atoms with van der Waals surface area (Å²) in [6.45, 7) is 2.87. The molecule has 0 aliphatic rings. The number of benzene rings is 1. The Morgan fingerprint density at radius 3 is 2.87 bits per heavy atom. The number of aromatic nitrogens is 1. The first-order valence-electron chi connectivity index (χ1n) is 7.76. The van der Waals surface area contributed by atoms with Crippen LogP contribution in [0.25, 0.3) is 0 Å². The molecular formula is C18H23N3O2. The maximum Gasteiger partial charge on any atom is 0.253 e. The van der Waals surface area contributed by atoms with E-state index in [9.17, 15) is 4.79 Å². The standard InChI is InChI=1S/C18H23N3O2/c1-4-5-11-21(2)18(22)14-9-10-19-17(12-14)20-15-7-6-8-16(13-15)23-3/h6-10,12-13H,4-5,11H2,1-3H3,(H,19,20). The van der Waals surface area contributed by atoms with Gasteiger partial charge >= 0.3 is 0 Å². The second kappa shape index (κ2) is 8.17. The molecule has 0 saturated carbocycles. The van der Waals surface area contributed by atoms with Crippen molar-refractivity contribution in [3.05, 3.63) is 48.2 Å². The van der Waals surface area contributed by atoms with Gasteiger partial charge in [0.1, 0.15) is 11.6 Å². The topological polar surface area (TPSA) is 54.5 Å². The van der Waals surface area contributed by atoms with E-state index in [0.29, 0.717) is 11.4 Å². The van der Waals surface area contributed by atoms with E-state index in [1.165, 1.54) is 0 Å². The minimum absolute atomic E-state index is 0.00884. The molecule has 0 aliphatic heterocycles. The fraction of sp³-hybridized carbons (Fsp3) is 0.333. The molecule has 23 heavy (non-hydrogen) atoms. The Kier molecular flexibility index (Phi) is 5.97. The summed E-state index contributed by atoms with van der Waals surface area (Å²) < 4.78 is 5.20. The molecule has 1 heterocycles. The third kappa shape index (κ3) is 4.71. The van der Waals surface area contributed by atoms with E-state index in [2.05, 4.69) is 17.2 Å². The zero-order valence-electron chi connectivity index (χ0n) is 13.9. The lowest BCUT2D eigenvalue weighted by Crippen LogP contribution is -2.27. The summed E-state index contributed by atoms with van der Waals surface area (Å²) in [4.78, 5) is 18.4. The number of ether oxygens (including phenoxy) is 1. The van der Waals surface area contributed by atoms with Crippen molar-refractivity contribution < 1.29 is 9.53 Å². The van der Waals surface area contributed by atoms with Crippen molar-refractivity contribution in [2.75, 3.05) is 26.0 Å². The van der Waals surface area contributed by atoms with E-state index in [1.807, 2.05) is 31.3 Å². The van der Waals surface area contributed by atoms with Gasteiger partial charge < -0.3 is 15.0 Å². The summed E-state index contributed by atoms with van der Waals surface area (Å²) in [5.74, 6) is 1.41. The van der Waals surface area contributed by atoms with Crippen LogP contribution in [0.1, 0.15) is 30.1 Å². The Bertz CT molecular complexity index is 658. The van der Waals surface area contributed by atoms with Gasteiger partial charge in [-0.1, -0.05) is 19.4 Å². The van der Waals surface area contributed by atoms with E-state index >= 15 is 0 Å². The van der Waals surface area contributed by atoms with Crippen molar-refractivity contribution in [3.8, 4) is 5.75 Å². The lowest BCUT2D eigenvalue weighted by molar-refractivity contribution is 0.0793. The molecule has 0 unspecified atom stereocenters. The van der Waals surface area contributed by atoms with Gasteiger partial charge in [-0.3, -0.25) is 4.79 Å². The number of carbonyl (C=O) groups is 1. The highest BCUT2D eigenvalue weighted by atomic mass is 16.5. The second-order valence-electron chi connectivity index (χ2n) is 5.37. The van der Waals surface area contributed by atoms with Gasteiger partial charge in [0.05, 0.1) is 7.11 Å². The molecule has 0 atom stereocenters. The van der Waals surface area contributed by atoms with Crippen molar-refractivity contribution in [1.29, 1.82) is 0 Å². The highest BCUT2D eigenvalue weighted by Crippen LogP contribution is 2.20. The predicted molar refractivity (Wildman–Crippen MR) is 92.4 cm³/mol. The van der Waals surface area contributed by atoms with Crippen molar-refractivity contribution in [2.24, 2.45) is 0 Å². The summed E-state index contributed by atoms with van der Waals surface area (Å²) in [5, 5.41) is 3.19. The van der Waals surface area contributed by atoms with E-state index in [-0.39, 0.29) is 5.91 Å². The van der Waals surface area contributed by atoms with Gasteiger partial charge in [0.2, 0.25) is 0 Å². The van der Waals surface area contributed by atoms with Crippen LogP contribution >= 0.6 is 0 Å². The van der Waals surface area contributed by atoms with Crippen LogP contribution in [0.4, 0.5) is 11.5 Å². The normalized spacial score (nSPS) is 10.2. The Morgan fingerprint density at radius 2 is 2.13 bits per heavy atom. The molecule has 1 N–H and O–H groups in total. The summed E-state index contributed by atoms with van der Waals surface area (Å²) in [5.41, 5.74) is 1.49. The summed E-state index contributed by atoms with van der Waals surface area (Å²) in [7, 11) is 3.45. The van der Waals surface area contributed by atoms with Crippen molar-refractivity contribution in [1.82, 2.24) is 9.88 Å². The number of hydrogen-bond acceptors (Lipinski definition) is 4. The Morgan fingerprint density at radius 1 is 1.30 bits per heavy atom. The minimum atomic E-state index is 0.00884. The molecule has 1 aromatic heterocycles. The molecule has 0 bridgehead atoms. The van der Waals surface area contributed by atoms with Crippen LogP contribution < -0.4 is 10.1 Å². The van der Waals surface area contributed by atoms with E-state index in [0.717, 1.165) is 30.8 Å². The molecule has 0 aliphatic carbocycles. The third-order valence-electron chi connectivity index (χ3n) is 3.54. The lowest BCUT2D eigenvalue weighted by atomic mass is 10.2. The van der Waals surface area contributed by atoms with Gasteiger partial charge in [0.25, 0.3) is 5.91 Å². The average Bonchev–Trinajstić information content (AvgIpc) is 2.59. The van der Waals surface area contributed by atoms with Gasteiger partial charge in [0, 0.05) is 37.1 Å². The number of nitrogens with one attached hydrogen (secondary N) is 1. The van der Waals surface area contributed by atoms with Crippen LogP contribution in [0.2, 0.25) is 0 Å². The number of amides is 1. The molecule has 1 aromatic carbocycles. The number of nitrogens with zero attached hydrogens (tertiary/aromatic N) is 2. The van der Waals surface area contributed by atoms with Gasteiger partial charge in [-0.25, -0.2) is 4.98 Å². The molecule has 0 spiro atoms. The molecule has 5 nitrogen and oxygen atoms in total. The van der Waals surface area contributed by atoms with E-state index in [1.54, 1.807) is 30.3 Å². The fourth-order valence-corrected chi connectivity index (χ4v) is 2.20. The van der Waals surface area contributed by atoms with Crippen LogP contribution in [0.15, 0.2) is 42.6 Å². The van der Waals surface area contributed by atoms with Gasteiger partial charge in [0.15, 0.2) is 0 Å². The quantitative estimate of drug-likeness (QED) is 0.846. The van der Waals surface area contributed by atoms with Crippen LogP contribution in [-0.4, -0.2) is 36.5 Å². The van der Waals surface area contributed by atoms with Crippen molar-refractivity contribution >= 4 is 17.4 Å². The number of rotatable bonds is 7. The Hall–Kier alpha value is -2.56. The average molecular weight is 313 g/mol. The maximum atomic E-state index is 12.4. The monoisotopic (exact) mass is 313 g/mol. The molecular weight excluding hydrogens is 290 g/mol. The summed E-state index contributed by atoms with van der Waals surface area (Å²) in [6.07, 6.45) is 3.71. The van der Waals surface area contributed by atoms with E-state index < -0.39 is 0 Å². The molecule has 2 rings (SSSR count). The molecule has 5 heteroatoms. The van der Waals surface area contributed by atoms with Crippen LogP contribution in [0.5, 0.6) is 5.75 Å². The molecule has 2 aromatic rings. The van der Waals surface area contributed by atoms with Gasteiger partial charge in [-0.2, -0.15) is 0 Å². The van der Waals surface area contributed by atoms with Crippen LogP contribution in [0, 0.1) is 0 Å². The first-order chi connectivity index (χ1) is 11.1. The lowest BCUT2D eigenvalue weighted by Gasteiger charge is -2.17. The van der Waals surface area contributed by atoms with Gasteiger partial charge in [-0.15, -0.1) is 0 Å². The van der Waals surface area contributed by atoms with Gasteiger partial charge in [-0.05, 0) is 30.7 Å². The number of unbranched alkanes of at least 4 members (excludes halogenated alkanes) is 1. The zero-order valence-corrected chi connectivity index (χ0v) is 13.9. The Labute approximate surface area is 137 Å². The fourth-order valence-electron chi connectivity index (χ4n) is 2.20. The van der Waals surface area contributed by atoms with Crippen LogP contribution in [-0.2, 0) is 0 Å². The maximum absolute atomic E-state index is 12.4. The minimum Gasteiger partial charge on any atom is -0.497 e. The SMILES string of the molecule is CCCCN(C)C(=O)c1ccnc(Nc2cccc(OC)c2)c1. The van der Waals surface area contributed by atoms with Crippen molar-refractivity contribution in [3.63, 3.8) is 0 Å². The summed E-state index contributed by atoms with van der Waals surface area (Å²) >= 11 is 0. The van der Waals surface area contributed by atoms with Crippen molar-refractivity contribution in [2.45, 2.75) is 19.8 Å². The first-order valence-corrected chi connectivity index (χ1v) is 7.76. The number of methoxy groups -OCH3 is 1. The summed E-state index contributed by atoms with van der Waals surface area (Å²) in [6, 6.07) is 11.1. The first kappa shape index (κ1) is 16.8. The molecule has 122 valence electrons. The number of anilines is 2. The number of carbonyl (C=O) groups excluding carboxylic acids is 1. The number of hydrogen-bond donors (Lipinski definition) is 1. The molecule has 1 amide bonds. The highest BCUT2D eigenvalue weighted by Gasteiger charge is 2.12.